The number of aliphatic hydroxyl groups excluding tert-OH is 2. The van der Waals surface area contributed by atoms with Crippen LogP contribution in [0.4, 0.5) is 0 Å². The van der Waals surface area contributed by atoms with E-state index in [0.717, 1.165) is 18.4 Å². The quantitative estimate of drug-likeness (QED) is 0.460. The van der Waals surface area contributed by atoms with Crippen LogP contribution in [0.25, 0.3) is 0 Å². The van der Waals surface area contributed by atoms with E-state index in [9.17, 15) is 10.2 Å². The summed E-state index contributed by atoms with van der Waals surface area (Å²) in [7, 11) is 0. The second-order valence-electron chi connectivity index (χ2n) is 9.89. The lowest BCUT2D eigenvalue weighted by Gasteiger charge is -2.19. The van der Waals surface area contributed by atoms with Crippen molar-refractivity contribution in [2.45, 2.75) is 70.5 Å². The van der Waals surface area contributed by atoms with Gasteiger partial charge in [-0.05, 0) is 88.9 Å². The monoisotopic (exact) mass is 409 g/mol. The van der Waals surface area contributed by atoms with E-state index in [1.807, 2.05) is 12.1 Å². The molecule has 3 nitrogen and oxygen atoms in total. The Labute approximate surface area is 182 Å². The molecule has 0 aromatic heterocycles. The number of rotatable bonds is 9. The van der Waals surface area contributed by atoms with Crippen LogP contribution in [0.2, 0.25) is 0 Å². The number of unbranched alkanes of at least 4 members (excludes halogenated alkanes) is 1. The molecule has 1 aliphatic heterocycles. The van der Waals surface area contributed by atoms with Crippen LogP contribution in [0.3, 0.4) is 0 Å². The third-order valence-electron chi connectivity index (χ3n) is 7.45. The minimum absolute atomic E-state index is 0.181. The van der Waals surface area contributed by atoms with Crippen molar-refractivity contribution in [2.75, 3.05) is 19.6 Å². The Balaban J connectivity index is 1.24. The molecule has 4 rings (SSSR count). The van der Waals surface area contributed by atoms with Gasteiger partial charge in [-0.1, -0.05) is 53.6 Å². The van der Waals surface area contributed by atoms with Crippen molar-refractivity contribution < 1.29 is 10.2 Å². The molecule has 1 saturated carbocycles. The summed E-state index contributed by atoms with van der Waals surface area (Å²) in [5.74, 6) is 1.23. The lowest BCUT2D eigenvalue weighted by atomic mass is 9.88. The van der Waals surface area contributed by atoms with Crippen LogP contribution in [0.1, 0.15) is 56.1 Å². The number of fused-ring (bicyclic) bond motifs is 1. The Kier molecular flexibility index (Phi) is 7.45. The van der Waals surface area contributed by atoms with Crippen molar-refractivity contribution in [2.24, 2.45) is 17.8 Å². The second-order valence-corrected chi connectivity index (χ2v) is 9.89. The lowest BCUT2D eigenvalue weighted by Crippen LogP contribution is -2.20. The SMILES string of the molecule is Cc1cccc(C[C@@H](O)/C=C/[C@@H]2[C@H]3CC(CCCCN4CCCC4)=C[C@H]3C[C@H]2O)c1. The topological polar surface area (TPSA) is 43.7 Å². The van der Waals surface area contributed by atoms with Crippen LogP contribution < -0.4 is 0 Å². The Morgan fingerprint density at radius 2 is 2.03 bits per heavy atom. The van der Waals surface area contributed by atoms with E-state index in [1.165, 1.54) is 57.3 Å². The molecule has 0 bridgehead atoms. The standard InChI is InChI=1S/C27H39NO2/c1-20-7-6-9-21(15-20)17-24(29)10-11-25-26-18-22(16-23(26)19-27(25)30)8-2-3-12-28-13-4-5-14-28/h6-7,9-11,15-16,23-27,29-30H,2-5,8,12-14,17-19H2,1H3/b11-10+/t23-,24-,25+,26-,27+/m0/s1. The molecule has 0 radical (unpaired) electrons. The van der Waals surface area contributed by atoms with Gasteiger partial charge in [0, 0.05) is 12.3 Å². The van der Waals surface area contributed by atoms with Gasteiger partial charge >= 0.3 is 0 Å². The highest BCUT2D eigenvalue weighted by Crippen LogP contribution is 2.48. The Hall–Kier alpha value is -1.42. The minimum Gasteiger partial charge on any atom is -0.392 e. The van der Waals surface area contributed by atoms with Crippen LogP contribution in [-0.2, 0) is 6.42 Å². The van der Waals surface area contributed by atoms with Gasteiger partial charge in [0.25, 0.3) is 0 Å². The summed E-state index contributed by atoms with van der Waals surface area (Å²) in [6, 6.07) is 8.33. The summed E-state index contributed by atoms with van der Waals surface area (Å²) >= 11 is 0. The van der Waals surface area contributed by atoms with Crippen LogP contribution in [0.5, 0.6) is 0 Å². The predicted molar refractivity (Wildman–Crippen MR) is 123 cm³/mol. The molecule has 30 heavy (non-hydrogen) atoms. The summed E-state index contributed by atoms with van der Waals surface area (Å²) in [5.41, 5.74) is 4.00. The molecular weight excluding hydrogens is 370 g/mol. The molecule has 1 saturated heterocycles. The van der Waals surface area contributed by atoms with E-state index in [4.69, 9.17) is 0 Å². The zero-order valence-corrected chi connectivity index (χ0v) is 18.5. The van der Waals surface area contributed by atoms with E-state index in [2.05, 4.69) is 42.2 Å². The van der Waals surface area contributed by atoms with E-state index in [-0.39, 0.29) is 12.0 Å². The number of benzene rings is 1. The van der Waals surface area contributed by atoms with E-state index in [0.29, 0.717) is 18.3 Å². The zero-order valence-electron chi connectivity index (χ0n) is 18.5. The third kappa shape index (κ3) is 5.63. The molecule has 164 valence electrons. The van der Waals surface area contributed by atoms with Gasteiger partial charge in [-0.2, -0.15) is 0 Å². The van der Waals surface area contributed by atoms with Gasteiger partial charge in [-0.15, -0.1) is 0 Å². The molecule has 1 heterocycles. The fourth-order valence-electron chi connectivity index (χ4n) is 5.89. The van der Waals surface area contributed by atoms with Gasteiger partial charge < -0.3 is 15.1 Å². The molecule has 1 aromatic carbocycles. The number of allylic oxidation sites excluding steroid dienone is 2. The second kappa shape index (κ2) is 10.3. The molecule has 5 atom stereocenters. The fraction of sp³-hybridized carbons (Fsp3) is 0.630. The molecule has 3 aliphatic rings. The maximum Gasteiger partial charge on any atom is 0.0761 e. The first-order valence-electron chi connectivity index (χ1n) is 12.1. The zero-order chi connectivity index (χ0) is 20.9. The number of hydrogen-bond acceptors (Lipinski definition) is 3. The summed E-state index contributed by atoms with van der Waals surface area (Å²) in [6.07, 6.45) is 15.0. The number of aliphatic hydroxyl groups is 2. The largest absolute Gasteiger partial charge is 0.392 e. The van der Waals surface area contributed by atoms with Crippen LogP contribution in [-0.4, -0.2) is 47.0 Å². The minimum atomic E-state index is -0.488. The predicted octanol–water partition coefficient (Wildman–Crippen LogP) is 4.66. The highest BCUT2D eigenvalue weighted by atomic mass is 16.3. The van der Waals surface area contributed by atoms with Gasteiger partial charge in [0.1, 0.15) is 0 Å². The van der Waals surface area contributed by atoms with Crippen LogP contribution in [0.15, 0.2) is 48.1 Å². The molecular formula is C27H39NO2. The summed E-state index contributed by atoms with van der Waals surface area (Å²) in [6.45, 7) is 5.95. The average molecular weight is 410 g/mol. The first-order valence-corrected chi connectivity index (χ1v) is 12.1. The highest BCUT2D eigenvalue weighted by molar-refractivity contribution is 5.24. The highest BCUT2D eigenvalue weighted by Gasteiger charge is 2.43. The molecule has 1 aromatic rings. The molecule has 2 aliphatic carbocycles. The summed E-state index contributed by atoms with van der Waals surface area (Å²) in [5, 5.41) is 21.1. The molecule has 0 unspecified atom stereocenters. The van der Waals surface area contributed by atoms with Gasteiger partial charge in [-0.25, -0.2) is 0 Å². The van der Waals surface area contributed by atoms with Crippen LogP contribution >= 0.6 is 0 Å². The molecule has 0 amide bonds. The third-order valence-corrected chi connectivity index (χ3v) is 7.45. The summed E-state index contributed by atoms with van der Waals surface area (Å²) in [4.78, 5) is 2.61. The molecule has 0 spiro atoms. The van der Waals surface area contributed by atoms with E-state index in [1.54, 1.807) is 5.57 Å². The average Bonchev–Trinajstić information content (AvgIpc) is 3.41. The number of likely N-dealkylation sites (tertiary alicyclic amines) is 1. The van der Waals surface area contributed by atoms with Crippen molar-refractivity contribution in [1.29, 1.82) is 0 Å². The summed E-state index contributed by atoms with van der Waals surface area (Å²) < 4.78 is 0. The molecule has 2 N–H and O–H groups in total. The number of hydrogen-bond donors (Lipinski definition) is 2. The van der Waals surface area contributed by atoms with Crippen LogP contribution in [0, 0.1) is 24.7 Å². The van der Waals surface area contributed by atoms with Crippen molar-refractivity contribution >= 4 is 0 Å². The number of nitrogens with zero attached hydrogens (tertiary/aromatic N) is 1. The lowest BCUT2D eigenvalue weighted by molar-refractivity contribution is 0.140. The van der Waals surface area contributed by atoms with Gasteiger partial charge in [0.15, 0.2) is 0 Å². The smallest absolute Gasteiger partial charge is 0.0761 e. The normalized spacial score (nSPS) is 30.2. The van der Waals surface area contributed by atoms with E-state index < -0.39 is 6.10 Å². The Morgan fingerprint density at radius 1 is 1.20 bits per heavy atom. The fourth-order valence-corrected chi connectivity index (χ4v) is 5.89. The van der Waals surface area contributed by atoms with Crippen molar-refractivity contribution in [3.05, 3.63) is 59.2 Å². The van der Waals surface area contributed by atoms with Gasteiger partial charge in [-0.3, -0.25) is 0 Å². The molecule has 2 fully saturated rings. The number of aryl methyl sites for hydroxylation is 1. The maximum atomic E-state index is 10.6. The van der Waals surface area contributed by atoms with Crippen molar-refractivity contribution in [3.8, 4) is 0 Å². The Bertz CT molecular complexity index is 749. The van der Waals surface area contributed by atoms with Crippen molar-refractivity contribution in [3.63, 3.8) is 0 Å². The van der Waals surface area contributed by atoms with Crippen molar-refractivity contribution in [1.82, 2.24) is 4.90 Å². The maximum absolute atomic E-state index is 10.6. The first-order chi connectivity index (χ1) is 14.6. The van der Waals surface area contributed by atoms with Gasteiger partial charge in [0.2, 0.25) is 0 Å². The first kappa shape index (κ1) is 21.8. The van der Waals surface area contributed by atoms with E-state index >= 15 is 0 Å². The van der Waals surface area contributed by atoms with Gasteiger partial charge in [0.05, 0.1) is 12.2 Å². The molecule has 3 heteroatoms. The Morgan fingerprint density at radius 3 is 2.83 bits per heavy atom.